The molecule has 0 N–H and O–H groups in total. The normalized spacial score (nSPS) is 12.1. The van der Waals surface area contributed by atoms with E-state index < -0.39 is 0 Å². The molecule has 0 spiro atoms. The van der Waals surface area contributed by atoms with Gasteiger partial charge in [-0.15, -0.1) is 0 Å². The Kier molecular flexibility index (Phi) is 6.41. The van der Waals surface area contributed by atoms with E-state index in [4.69, 9.17) is 0 Å². The third-order valence-corrected chi connectivity index (χ3v) is 12.3. The maximum Gasteiger partial charge on any atom is 0.0542 e. The molecule has 4 aromatic heterocycles. The van der Waals surface area contributed by atoms with Gasteiger partial charge in [0, 0.05) is 65.8 Å². The van der Waals surface area contributed by atoms with Crippen LogP contribution in [-0.4, -0.2) is 18.3 Å². The molecular weight excluding hydrogens is 705 g/mol. The molecule has 270 valence electrons. The van der Waals surface area contributed by atoms with E-state index in [1.807, 2.05) is 0 Å². The number of hydrogen-bond donors (Lipinski definition) is 0. The fourth-order valence-electron chi connectivity index (χ4n) is 9.93. The highest BCUT2D eigenvalue weighted by atomic mass is 15.0. The fourth-order valence-corrected chi connectivity index (χ4v) is 9.93. The summed E-state index contributed by atoms with van der Waals surface area (Å²) in [6.45, 7) is 0. The van der Waals surface area contributed by atoms with Crippen molar-refractivity contribution in [3.8, 4) is 22.7 Å². The van der Waals surface area contributed by atoms with E-state index in [0.717, 1.165) is 22.7 Å². The Bertz CT molecular complexity index is 3460. The van der Waals surface area contributed by atoms with Crippen molar-refractivity contribution in [3.63, 3.8) is 0 Å². The minimum absolute atomic E-state index is 1.13. The first-order valence-corrected chi connectivity index (χ1v) is 19.9. The number of hydrogen-bond acceptors (Lipinski definition) is 0. The van der Waals surface area contributed by atoms with Gasteiger partial charge in [0.1, 0.15) is 0 Å². The van der Waals surface area contributed by atoms with Gasteiger partial charge < -0.3 is 18.3 Å². The second kappa shape index (κ2) is 11.8. The van der Waals surface area contributed by atoms with E-state index in [-0.39, 0.29) is 0 Å². The Morgan fingerprint density at radius 2 is 0.414 bits per heavy atom. The summed E-state index contributed by atoms with van der Waals surface area (Å²) in [7, 11) is 0. The summed E-state index contributed by atoms with van der Waals surface area (Å²) in [4.78, 5) is 0. The van der Waals surface area contributed by atoms with Gasteiger partial charge >= 0.3 is 0 Å². The third kappa shape index (κ3) is 4.29. The Morgan fingerprint density at radius 1 is 0.172 bits per heavy atom. The molecule has 0 saturated carbocycles. The second-order valence-electron chi connectivity index (χ2n) is 15.4. The largest absolute Gasteiger partial charge is 0.309 e. The predicted molar refractivity (Wildman–Crippen MR) is 244 cm³/mol. The lowest BCUT2D eigenvalue weighted by Crippen LogP contribution is -1.99. The monoisotopic (exact) mass is 738 g/mol. The van der Waals surface area contributed by atoms with E-state index >= 15 is 0 Å². The lowest BCUT2D eigenvalue weighted by Gasteiger charge is -2.13. The zero-order valence-electron chi connectivity index (χ0n) is 31.4. The van der Waals surface area contributed by atoms with Gasteiger partial charge in [-0.05, 0) is 91.0 Å². The first kappa shape index (κ1) is 31.4. The zero-order valence-corrected chi connectivity index (χ0v) is 31.4. The number of fused-ring (bicyclic) bond motifs is 12. The van der Waals surface area contributed by atoms with Gasteiger partial charge in [-0.3, -0.25) is 0 Å². The number of aromatic nitrogens is 4. The molecule has 0 atom stereocenters. The van der Waals surface area contributed by atoms with Crippen LogP contribution in [0.2, 0.25) is 0 Å². The summed E-state index contributed by atoms with van der Waals surface area (Å²) in [6.07, 6.45) is 0. The minimum Gasteiger partial charge on any atom is -0.309 e. The van der Waals surface area contributed by atoms with Crippen LogP contribution in [0.15, 0.2) is 206 Å². The molecule has 0 bridgehead atoms. The van der Waals surface area contributed by atoms with E-state index in [0.29, 0.717) is 0 Å². The number of para-hydroxylation sites is 6. The molecule has 0 aliphatic carbocycles. The molecule has 0 radical (unpaired) electrons. The lowest BCUT2D eigenvalue weighted by atomic mass is 10.1. The summed E-state index contributed by atoms with van der Waals surface area (Å²) >= 11 is 0. The van der Waals surface area contributed by atoms with Crippen LogP contribution >= 0.6 is 0 Å². The molecule has 4 heterocycles. The highest BCUT2D eigenvalue weighted by Crippen LogP contribution is 2.40. The summed E-state index contributed by atoms with van der Waals surface area (Å²) in [5, 5.41) is 10.0. The average molecular weight is 739 g/mol. The molecule has 9 aromatic carbocycles. The topological polar surface area (TPSA) is 19.7 Å². The van der Waals surface area contributed by atoms with Crippen molar-refractivity contribution in [1.82, 2.24) is 18.3 Å². The van der Waals surface area contributed by atoms with E-state index in [1.54, 1.807) is 0 Å². The van der Waals surface area contributed by atoms with Crippen LogP contribution in [0.4, 0.5) is 0 Å². The van der Waals surface area contributed by atoms with Crippen LogP contribution < -0.4 is 0 Å². The fraction of sp³-hybridized carbons (Fsp3) is 0. The van der Waals surface area contributed by atoms with Crippen molar-refractivity contribution in [2.24, 2.45) is 0 Å². The highest BCUT2D eigenvalue weighted by molar-refractivity contribution is 6.14. The van der Waals surface area contributed by atoms with Gasteiger partial charge in [0.05, 0.1) is 44.1 Å². The molecule has 4 heteroatoms. The van der Waals surface area contributed by atoms with Crippen LogP contribution in [0.25, 0.3) is 110 Å². The third-order valence-electron chi connectivity index (χ3n) is 12.3. The Labute approximate surface area is 333 Å². The molecule has 13 rings (SSSR count). The SMILES string of the molecule is c1cc(-n2c3ccccc3c3cc(-n4c5ccccc5c5ccccc54)ccc32)cc(-n2c3ccccc3c3cc(-n4c5ccccc5c5ccccc54)ccc32)c1. The average Bonchev–Trinajstić information content (AvgIpc) is 4.01. The molecule has 58 heavy (non-hydrogen) atoms. The molecular formula is C54H34N4. The van der Waals surface area contributed by atoms with Crippen molar-refractivity contribution in [2.75, 3.05) is 0 Å². The molecule has 0 saturated heterocycles. The van der Waals surface area contributed by atoms with Crippen molar-refractivity contribution < 1.29 is 0 Å². The number of benzene rings is 9. The highest BCUT2D eigenvalue weighted by Gasteiger charge is 2.19. The van der Waals surface area contributed by atoms with Gasteiger partial charge in [-0.2, -0.15) is 0 Å². The second-order valence-corrected chi connectivity index (χ2v) is 15.4. The maximum atomic E-state index is 2.43. The van der Waals surface area contributed by atoms with E-state index in [1.165, 1.54) is 87.2 Å². The Balaban J connectivity index is 1.00. The standard InChI is InChI=1S/C54H34N4/c1-7-22-47-39(16-1)40-17-2-8-23-48(40)57(47)37-28-30-53-45(33-37)43-20-5-11-26-51(43)55(53)35-14-13-15-36(32-35)56-52-27-12-6-21-44(52)46-34-38(29-31-54(46)56)58-49-24-9-3-18-41(49)42-19-4-10-25-50(42)58/h1-34H. The van der Waals surface area contributed by atoms with Gasteiger partial charge in [0.2, 0.25) is 0 Å². The van der Waals surface area contributed by atoms with Crippen LogP contribution in [0.3, 0.4) is 0 Å². The number of nitrogens with zero attached hydrogens (tertiary/aromatic N) is 4. The summed E-state index contributed by atoms with van der Waals surface area (Å²) in [5.41, 5.74) is 14.2. The molecule has 13 aromatic rings. The quantitative estimate of drug-likeness (QED) is 0.171. The molecule has 0 aliphatic rings. The van der Waals surface area contributed by atoms with Gasteiger partial charge in [-0.1, -0.05) is 115 Å². The zero-order chi connectivity index (χ0) is 37.9. The van der Waals surface area contributed by atoms with E-state index in [9.17, 15) is 0 Å². The van der Waals surface area contributed by atoms with Gasteiger partial charge in [0.25, 0.3) is 0 Å². The first-order valence-electron chi connectivity index (χ1n) is 19.9. The van der Waals surface area contributed by atoms with Crippen LogP contribution in [0.1, 0.15) is 0 Å². The first-order chi connectivity index (χ1) is 28.8. The predicted octanol–water partition coefficient (Wildman–Crippen LogP) is 14.1. The minimum atomic E-state index is 1.13. The van der Waals surface area contributed by atoms with Gasteiger partial charge in [-0.25, -0.2) is 0 Å². The van der Waals surface area contributed by atoms with Crippen molar-refractivity contribution in [1.29, 1.82) is 0 Å². The smallest absolute Gasteiger partial charge is 0.0542 e. The van der Waals surface area contributed by atoms with Crippen LogP contribution in [0.5, 0.6) is 0 Å². The van der Waals surface area contributed by atoms with Crippen LogP contribution in [0, 0.1) is 0 Å². The van der Waals surface area contributed by atoms with Gasteiger partial charge in [0.15, 0.2) is 0 Å². The summed E-state index contributed by atoms with van der Waals surface area (Å²) in [5.74, 6) is 0. The van der Waals surface area contributed by atoms with Crippen LogP contribution in [-0.2, 0) is 0 Å². The maximum absolute atomic E-state index is 2.43. The lowest BCUT2D eigenvalue weighted by molar-refractivity contribution is 1.13. The van der Waals surface area contributed by atoms with Crippen molar-refractivity contribution >= 4 is 87.2 Å². The van der Waals surface area contributed by atoms with E-state index in [2.05, 4.69) is 225 Å². The summed E-state index contributed by atoms with van der Waals surface area (Å²) in [6, 6.07) is 75.5. The molecule has 0 amide bonds. The molecule has 0 aliphatic heterocycles. The Morgan fingerprint density at radius 3 is 0.724 bits per heavy atom. The number of rotatable bonds is 4. The Hall–Kier alpha value is -7.82. The molecule has 0 unspecified atom stereocenters. The van der Waals surface area contributed by atoms with Crippen molar-refractivity contribution in [3.05, 3.63) is 206 Å². The summed E-state index contributed by atoms with van der Waals surface area (Å²) < 4.78 is 9.67. The molecule has 0 fully saturated rings. The molecule has 4 nitrogen and oxygen atoms in total. The van der Waals surface area contributed by atoms with Crippen molar-refractivity contribution in [2.45, 2.75) is 0 Å².